The molecule has 0 aliphatic heterocycles. The van der Waals surface area contributed by atoms with Crippen LogP contribution < -0.4 is 11.1 Å². The van der Waals surface area contributed by atoms with Crippen molar-refractivity contribution in [2.75, 3.05) is 20.6 Å². The zero-order valence-corrected chi connectivity index (χ0v) is 14.1. The number of carbonyl (C=O) groups is 1. The summed E-state index contributed by atoms with van der Waals surface area (Å²) in [6.45, 7) is 2.98. The summed E-state index contributed by atoms with van der Waals surface area (Å²) in [6.07, 6.45) is 4.79. The fraction of sp³-hybridized carbons (Fsp3) is 0.688. The van der Waals surface area contributed by atoms with Crippen molar-refractivity contribution in [3.63, 3.8) is 0 Å². The average Bonchev–Trinajstić information content (AvgIpc) is 2.98. The SMILES string of the molecule is CC1CCCC(CNC(=O)C(N)c2cccs2)(N(C)C)C1. The van der Waals surface area contributed by atoms with E-state index in [1.54, 1.807) is 0 Å². The largest absolute Gasteiger partial charge is 0.353 e. The molecule has 1 heterocycles. The fourth-order valence-corrected chi connectivity index (χ4v) is 4.04. The molecule has 1 amide bonds. The number of hydrogen-bond donors (Lipinski definition) is 2. The van der Waals surface area contributed by atoms with Crippen molar-refractivity contribution in [2.45, 2.75) is 44.2 Å². The van der Waals surface area contributed by atoms with Gasteiger partial charge in [0.2, 0.25) is 5.91 Å². The second-order valence-corrected chi connectivity index (χ2v) is 7.51. The number of thiophene rings is 1. The van der Waals surface area contributed by atoms with E-state index in [0.717, 1.165) is 17.7 Å². The maximum atomic E-state index is 12.3. The van der Waals surface area contributed by atoms with Gasteiger partial charge in [0.1, 0.15) is 6.04 Å². The quantitative estimate of drug-likeness (QED) is 0.878. The highest BCUT2D eigenvalue weighted by molar-refractivity contribution is 7.10. The summed E-state index contributed by atoms with van der Waals surface area (Å²) in [7, 11) is 4.23. The lowest BCUT2D eigenvalue weighted by atomic mass is 9.75. The van der Waals surface area contributed by atoms with Gasteiger partial charge in [0, 0.05) is 17.0 Å². The second-order valence-electron chi connectivity index (χ2n) is 6.53. The van der Waals surface area contributed by atoms with Gasteiger partial charge in [-0.05, 0) is 44.3 Å². The van der Waals surface area contributed by atoms with Crippen molar-refractivity contribution in [3.05, 3.63) is 22.4 Å². The van der Waals surface area contributed by atoms with Crippen molar-refractivity contribution >= 4 is 17.2 Å². The van der Waals surface area contributed by atoms with Gasteiger partial charge in [-0.1, -0.05) is 25.8 Å². The minimum Gasteiger partial charge on any atom is -0.353 e. The maximum absolute atomic E-state index is 12.3. The number of carbonyl (C=O) groups excluding carboxylic acids is 1. The van der Waals surface area contributed by atoms with E-state index in [0.29, 0.717) is 12.5 Å². The molecule has 1 aliphatic carbocycles. The summed E-state index contributed by atoms with van der Waals surface area (Å²) in [5.41, 5.74) is 6.10. The molecular weight excluding hydrogens is 282 g/mol. The molecule has 0 radical (unpaired) electrons. The third kappa shape index (κ3) is 3.84. The van der Waals surface area contributed by atoms with Crippen LogP contribution in [0.25, 0.3) is 0 Å². The van der Waals surface area contributed by atoms with Crippen LogP contribution in [0.5, 0.6) is 0 Å². The molecule has 1 aromatic heterocycles. The minimum atomic E-state index is -0.551. The molecule has 0 spiro atoms. The molecule has 118 valence electrons. The van der Waals surface area contributed by atoms with Gasteiger partial charge in [0.15, 0.2) is 0 Å². The van der Waals surface area contributed by atoms with Gasteiger partial charge in [0.05, 0.1) is 0 Å². The Balaban J connectivity index is 1.97. The molecule has 0 bridgehead atoms. The Bertz CT molecular complexity index is 460. The highest BCUT2D eigenvalue weighted by Gasteiger charge is 2.37. The highest BCUT2D eigenvalue weighted by Crippen LogP contribution is 2.35. The molecule has 4 nitrogen and oxygen atoms in total. The number of nitrogens with one attached hydrogen (secondary N) is 1. The molecular formula is C16H27N3OS. The third-order valence-electron chi connectivity index (χ3n) is 4.74. The second kappa shape index (κ2) is 6.90. The van der Waals surface area contributed by atoms with E-state index in [4.69, 9.17) is 5.73 Å². The van der Waals surface area contributed by atoms with E-state index in [-0.39, 0.29) is 11.4 Å². The van der Waals surface area contributed by atoms with Crippen molar-refractivity contribution in [1.82, 2.24) is 10.2 Å². The standard InChI is InChI=1S/C16H27N3OS/c1-12-6-4-8-16(10-12,19(2)3)11-18-15(20)14(17)13-7-5-9-21-13/h5,7,9,12,14H,4,6,8,10-11,17H2,1-3H3,(H,18,20). The fourth-order valence-electron chi connectivity index (χ4n) is 3.32. The summed E-state index contributed by atoms with van der Waals surface area (Å²) in [5, 5.41) is 5.04. The van der Waals surface area contributed by atoms with Crippen molar-refractivity contribution in [2.24, 2.45) is 11.7 Å². The van der Waals surface area contributed by atoms with Crippen LogP contribution >= 0.6 is 11.3 Å². The van der Waals surface area contributed by atoms with Crippen LogP contribution in [0, 0.1) is 5.92 Å². The zero-order chi connectivity index (χ0) is 15.5. The van der Waals surface area contributed by atoms with E-state index in [1.165, 1.54) is 24.2 Å². The molecule has 0 aromatic carbocycles. The van der Waals surface area contributed by atoms with Gasteiger partial charge in [-0.3, -0.25) is 4.79 Å². The summed E-state index contributed by atoms with van der Waals surface area (Å²) >= 11 is 1.53. The first-order valence-corrected chi connectivity index (χ1v) is 8.57. The Morgan fingerprint density at radius 3 is 2.95 bits per heavy atom. The Kier molecular flexibility index (Phi) is 5.41. The minimum absolute atomic E-state index is 0.0719. The van der Waals surface area contributed by atoms with Crippen LogP contribution in [0.1, 0.15) is 43.5 Å². The molecule has 21 heavy (non-hydrogen) atoms. The van der Waals surface area contributed by atoms with Crippen molar-refractivity contribution < 1.29 is 4.79 Å². The molecule has 1 saturated carbocycles. The first-order chi connectivity index (χ1) is 9.94. The lowest BCUT2D eigenvalue weighted by molar-refractivity contribution is -0.123. The topological polar surface area (TPSA) is 58.4 Å². The molecule has 1 fully saturated rings. The average molecular weight is 309 g/mol. The first kappa shape index (κ1) is 16.5. The molecule has 3 unspecified atom stereocenters. The normalized spacial score (nSPS) is 27.6. The predicted molar refractivity (Wildman–Crippen MR) is 88.3 cm³/mol. The number of likely N-dealkylation sites (N-methyl/N-ethyl adjacent to an activating group) is 1. The molecule has 2 rings (SSSR count). The van der Waals surface area contributed by atoms with Crippen LogP contribution in [0.15, 0.2) is 17.5 Å². The summed E-state index contributed by atoms with van der Waals surface area (Å²) in [6, 6.07) is 3.29. The van der Waals surface area contributed by atoms with Crippen molar-refractivity contribution in [3.8, 4) is 0 Å². The molecule has 5 heteroatoms. The summed E-state index contributed by atoms with van der Waals surface area (Å²) in [5.74, 6) is 0.640. The van der Waals surface area contributed by atoms with Gasteiger partial charge in [-0.25, -0.2) is 0 Å². The third-order valence-corrected chi connectivity index (χ3v) is 5.70. The number of nitrogens with two attached hydrogens (primary N) is 1. The van der Waals surface area contributed by atoms with E-state index in [1.807, 2.05) is 17.5 Å². The first-order valence-electron chi connectivity index (χ1n) is 7.69. The zero-order valence-electron chi connectivity index (χ0n) is 13.3. The highest BCUT2D eigenvalue weighted by atomic mass is 32.1. The monoisotopic (exact) mass is 309 g/mol. The molecule has 3 N–H and O–H groups in total. The van der Waals surface area contributed by atoms with Crippen LogP contribution in [0.4, 0.5) is 0 Å². The smallest absolute Gasteiger partial charge is 0.242 e. The van der Waals surface area contributed by atoms with Crippen molar-refractivity contribution in [1.29, 1.82) is 0 Å². The molecule has 1 aromatic rings. The number of amides is 1. The van der Waals surface area contributed by atoms with Crippen LogP contribution in [0.3, 0.4) is 0 Å². The van der Waals surface area contributed by atoms with E-state index in [9.17, 15) is 4.79 Å². The van der Waals surface area contributed by atoms with Gasteiger partial charge in [-0.2, -0.15) is 0 Å². The Morgan fingerprint density at radius 1 is 1.62 bits per heavy atom. The number of rotatable bonds is 5. The number of nitrogens with zero attached hydrogens (tertiary/aromatic N) is 1. The number of hydrogen-bond acceptors (Lipinski definition) is 4. The van der Waals surface area contributed by atoms with Crippen LogP contribution in [-0.2, 0) is 4.79 Å². The Hall–Kier alpha value is -0.910. The molecule has 3 atom stereocenters. The molecule has 0 saturated heterocycles. The lowest BCUT2D eigenvalue weighted by Gasteiger charge is -2.45. The van der Waals surface area contributed by atoms with Gasteiger partial charge in [0.25, 0.3) is 0 Å². The molecule has 1 aliphatic rings. The van der Waals surface area contributed by atoms with E-state index in [2.05, 4.69) is 31.2 Å². The van der Waals surface area contributed by atoms with Gasteiger partial charge in [-0.15, -0.1) is 11.3 Å². The Morgan fingerprint density at radius 2 is 2.38 bits per heavy atom. The maximum Gasteiger partial charge on any atom is 0.242 e. The Labute approximate surface area is 131 Å². The van der Waals surface area contributed by atoms with E-state index >= 15 is 0 Å². The lowest BCUT2D eigenvalue weighted by Crippen LogP contribution is -2.55. The van der Waals surface area contributed by atoms with Gasteiger partial charge >= 0.3 is 0 Å². The summed E-state index contributed by atoms with van der Waals surface area (Å²) in [4.78, 5) is 15.5. The van der Waals surface area contributed by atoms with Gasteiger partial charge < -0.3 is 16.0 Å². The van der Waals surface area contributed by atoms with E-state index < -0.39 is 6.04 Å². The summed E-state index contributed by atoms with van der Waals surface area (Å²) < 4.78 is 0. The van der Waals surface area contributed by atoms with Crippen LogP contribution in [-0.4, -0.2) is 37.0 Å². The van der Waals surface area contributed by atoms with Crippen LogP contribution in [0.2, 0.25) is 0 Å². The predicted octanol–water partition coefficient (Wildman–Crippen LogP) is 2.37.